The van der Waals surface area contributed by atoms with Gasteiger partial charge in [-0.15, -0.1) is 0 Å². The predicted octanol–water partition coefficient (Wildman–Crippen LogP) is 4.21. The molecular formula is C26H21BO2. The monoisotopic (exact) mass is 376 g/mol. The molecule has 29 heavy (non-hydrogen) atoms. The Morgan fingerprint density at radius 1 is 0.828 bits per heavy atom. The maximum Gasteiger partial charge on any atom is 0.488 e. The molecule has 1 spiro atoms. The molecule has 3 aromatic rings. The minimum atomic E-state index is -1.50. The summed E-state index contributed by atoms with van der Waals surface area (Å²) < 4.78 is 0. The third kappa shape index (κ3) is 2.26. The molecule has 0 saturated heterocycles. The molecule has 0 bridgehead atoms. The van der Waals surface area contributed by atoms with E-state index in [-0.39, 0.29) is 0 Å². The Kier molecular flexibility index (Phi) is 3.99. The van der Waals surface area contributed by atoms with E-state index < -0.39 is 12.5 Å². The van der Waals surface area contributed by atoms with Crippen LogP contribution in [0.1, 0.15) is 29.2 Å². The quantitative estimate of drug-likeness (QED) is 0.531. The summed E-state index contributed by atoms with van der Waals surface area (Å²) >= 11 is 0. The summed E-state index contributed by atoms with van der Waals surface area (Å²) in [7, 11) is -1.50. The van der Waals surface area contributed by atoms with Gasteiger partial charge in [-0.25, -0.2) is 0 Å². The van der Waals surface area contributed by atoms with Crippen molar-refractivity contribution in [3.63, 3.8) is 0 Å². The van der Waals surface area contributed by atoms with E-state index in [1.54, 1.807) is 12.1 Å². The van der Waals surface area contributed by atoms with Gasteiger partial charge in [-0.1, -0.05) is 91.5 Å². The van der Waals surface area contributed by atoms with E-state index >= 15 is 0 Å². The van der Waals surface area contributed by atoms with Gasteiger partial charge in [0.2, 0.25) is 0 Å². The second-order valence-corrected chi connectivity index (χ2v) is 7.65. The molecule has 5 rings (SSSR count). The van der Waals surface area contributed by atoms with Crippen molar-refractivity contribution in [2.75, 3.05) is 0 Å². The van der Waals surface area contributed by atoms with Crippen LogP contribution >= 0.6 is 0 Å². The van der Waals surface area contributed by atoms with Crippen LogP contribution in [0.25, 0.3) is 16.7 Å². The van der Waals surface area contributed by atoms with E-state index in [0.29, 0.717) is 5.46 Å². The number of allylic oxidation sites excluding steroid dienone is 5. The summed E-state index contributed by atoms with van der Waals surface area (Å²) in [6.07, 6.45) is 5.93. The van der Waals surface area contributed by atoms with Crippen molar-refractivity contribution in [3.05, 3.63) is 119 Å². The number of benzene rings is 3. The average molecular weight is 376 g/mol. The van der Waals surface area contributed by atoms with Gasteiger partial charge in [0.1, 0.15) is 0 Å². The Labute approximate surface area is 171 Å². The third-order valence-corrected chi connectivity index (χ3v) is 6.31. The van der Waals surface area contributed by atoms with Gasteiger partial charge in [0.15, 0.2) is 0 Å². The first kappa shape index (κ1) is 17.9. The van der Waals surface area contributed by atoms with Crippen molar-refractivity contribution in [1.29, 1.82) is 0 Å². The Balaban J connectivity index is 1.96. The molecule has 2 aliphatic carbocycles. The summed E-state index contributed by atoms with van der Waals surface area (Å²) in [5.41, 5.74) is 9.58. The molecule has 0 atom stereocenters. The van der Waals surface area contributed by atoms with Crippen LogP contribution in [0.5, 0.6) is 0 Å². The molecule has 0 amide bonds. The van der Waals surface area contributed by atoms with Crippen molar-refractivity contribution < 1.29 is 10.0 Å². The topological polar surface area (TPSA) is 40.5 Å². The third-order valence-electron chi connectivity index (χ3n) is 6.31. The molecule has 0 aromatic heterocycles. The average Bonchev–Trinajstić information content (AvgIpc) is 3.18. The molecule has 2 nitrogen and oxygen atoms in total. The molecule has 2 N–H and O–H groups in total. The van der Waals surface area contributed by atoms with Crippen LogP contribution in [0.3, 0.4) is 0 Å². The molecule has 0 aliphatic heterocycles. The molecular weight excluding hydrogens is 355 g/mol. The van der Waals surface area contributed by atoms with Crippen LogP contribution in [0, 0.1) is 0 Å². The lowest BCUT2D eigenvalue weighted by atomic mass is 9.67. The molecule has 3 aromatic carbocycles. The van der Waals surface area contributed by atoms with Gasteiger partial charge in [0.25, 0.3) is 0 Å². The van der Waals surface area contributed by atoms with Gasteiger partial charge in [-0.05, 0) is 56.9 Å². The molecule has 0 saturated carbocycles. The van der Waals surface area contributed by atoms with E-state index in [0.717, 1.165) is 11.1 Å². The smallest absolute Gasteiger partial charge is 0.423 e. The highest BCUT2D eigenvalue weighted by Gasteiger charge is 2.51. The summed E-state index contributed by atoms with van der Waals surface area (Å²) in [5, 5.41) is 19.7. The zero-order valence-electron chi connectivity index (χ0n) is 16.3. The number of rotatable bonds is 3. The van der Waals surface area contributed by atoms with Crippen LogP contribution in [-0.4, -0.2) is 17.2 Å². The minimum Gasteiger partial charge on any atom is -0.423 e. The van der Waals surface area contributed by atoms with E-state index in [4.69, 9.17) is 0 Å². The Hall–Kier alpha value is -3.14. The fraction of sp³-hybridized carbons (Fsp3) is 0.0769. The molecule has 2 aliphatic rings. The number of hydrogen-bond acceptors (Lipinski definition) is 2. The highest BCUT2D eigenvalue weighted by Crippen LogP contribution is 2.61. The van der Waals surface area contributed by atoms with E-state index in [1.807, 2.05) is 18.2 Å². The largest absolute Gasteiger partial charge is 0.488 e. The van der Waals surface area contributed by atoms with Gasteiger partial charge in [-0.2, -0.15) is 0 Å². The summed E-state index contributed by atoms with van der Waals surface area (Å²) in [6.45, 7) is 6.01. The highest BCUT2D eigenvalue weighted by atomic mass is 16.4. The van der Waals surface area contributed by atoms with Gasteiger partial charge in [-0.3, -0.25) is 0 Å². The van der Waals surface area contributed by atoms with Gasteiger partial charge >= 0.3 is 7.12 Å². The zero-order valence-corrected chi connectivity index (χ0v) is 16.3. The fourth-order valence-electron chi connectivity index (χ4n) is 5.16. The lowest BCUT2D eigenvalue weighted by molar-refractivity contribution is 0.425. The van der Waals surface area contributed by atoms with Crippen LogP contribution in [0.15, 0.2) is 97.1 Å². The van der Waals surface area contributed by atoms with Crippen LogP contribution in [0.2, 0.25) is 0 Å². The van der Waals surface area contributed by atoms with E-state index in [1.165, 1.54) is 33.4 Å². The van der Waals surface area contributed by atoms with Gasteiger partial charge < -0.3 is 10.0 Å². The second kappa shape index (κ2) is 6.45. The van der Waals surface area contributed by atoms with Gasteiger partial charge in [0, 0.05) is 0 Å². The Morgan fingerprint density at radius 2 is 1.45 bits per heavy atom. The van der Waals surface area contributed by atoms with Crippen molar-refractivity contribution in [1.82, 2.24) is 0 Å². The number of fused-ring (bicyclic) bond motifs is 7. The first-order valence-corrected chi connectivity index (χ1v) is 9.81. The van der Waals surface area contributed by atoms with Gasteiger partial charge in [0.05, 0.1) is 5.41 Å². The normalized spacial score (nSPS) is 15.6. The molecule has 3 heteroatoms. The lowest BCUT2D eigenvalue weighted by Crippen LogP contribution is -2.33. The minimum absolute atomic E-state index is 0.475. The molecule has 0 unspecified atom stereocenters. The second-order valence-electron chi connectivity index (χ2n) is 7.65. The Morgan fingerprint density at radius 3 is 2.03 bits per heavy atom. The van der Waals surface area contributed by atoms with E-state index in [2.05, 4.69) is 68.1 Å². The van der Waals surface area contributed by atoms with Crippen molar-refractivity contribution in [2.24, 2.45) is 0 Å². The molecule has 0 heterocycles. The zero-order chi connectivity index (χ0) is 20.2. The Bertz CT molecular complexity index is 1170. The summed E-state index contributed by atoms with van der Waals surface area (Å²) in [5.74, 6) is 0. The maximum atomic E-state index is 9.86. The van der Waals surface area contributed by atoms with Crippen molar-refractivity contribution in [3.8, 4) is 11.1 Å². The number of hydrogen-bond donors (Lipinski definition) is 2. The maximum absolute atomic E-state index is 9.86. The first-order chi connectivity index (χ1) is 14.1. The standard InChI is InChI=1S/C26H21BO2/c1-3-4-11-22-17(2)19-15-14-18(27(28)29)16-25(19)26(22)23-12-7-5-9-20(23)21-10-6-8-13-24(21)26/h3-16,28-29H,1H2,2H3/b11-4-. The molecule has 0 radical (unpaired) electrons. The summed E-state index contributed by atoms with van der Waals surface area (Å²) in [6, 6.07) is 22.8. The van der Waals surface area contributed by atoms with E-state index in [9.17, 15) is 10.0 Å². The lowest BCUT2D eigenvalue weighted by Gasteiger charge is -2.32. The van der Waals surface area contributed by atoms with Crippen LogP contribution < -0.4 is 5.46 Å². The predicted molar refractivity (Wildman–Crippen MR) is 120 cm³/mol. The summed E-state index contributed by atoms with van der Waals surface area (Å²) in [4.78, 5) is 0. The van der Waals surface area contributed by atoms with Crippen LogP contribution in [-0.2, 0) is 5.41 Å². The van der Waals surface area contributed by atoms with Crippen molar-refractivity contribution in [2.45, 2.75) is 12.3 Å². The first-order valence-electron chi connectivity index (χ1n) is 9.81. The van der Waals surface area contributed by atoms with Crippen molar-refractivity contribution >= 4 is 18.2 Å². The fourth-order valence-corrected chi connectivity index (χ4v) is 5.16. The highest BCUT2D eigenvalue weighted by molar-refractivity contribution is 6.58. The molecule has 140 valence electrons. The molecule has 0 fully saturated rings. The SMILES string of the molecule is C=C/C=C\C1=C(C)c2ccc(B(O)O)cc2C12c1ccccc1-c1ccccc12. The van der Waals surface area contributed by atoms with Crippen LogP contribution in [0.4, 0.5) is 0 Å².